The molecule has 6 nitrogen and oxygen atoms in total. The minimum Gasteiger partial charge on any atom is -0.469 e. The molecule has 0 aromatic carbocycles. The lowest BCUT2D eigenvalue weighted by Crippen LogP contribution is -2.27. The molecule has 0 rings (SSSR count). The van der Waals surface area contributed by atoms with Gasteiger partial charge in [0.2, 0.25) is 5.91 Å². The standard InChI is InChI=1S/C12H21NO5S/c1-9(7-12(16)18-3)19-8-10(14)13-6-4-5-11(15)17-2/h9H,4-8H2,1-3H3,(H,13,14). The van der Waals surface area contributed by atoms with Gasteiger partial charge in [-0.25, -0.2) is 0 Å². The molecule has 0 radical (unpaired) electrons. The molecular weight excluding hydrogens is 270 g/mol. The van der Waals surface area contributed by atoms with Crippen LogP contribution in [0.1, 0.15) is 26.2 Å². The average molecular weight is 291 g/mol. The Bertz CT molecular complexity index is 308. The number of amides is 1. The van der Waals surface area contributed by atoms with Crippen molar-refractivity contribution in [1.29, 1.82) is 0 Å². The van der Waals surface area contributed by atoms with Crippen molar-refractivity contribution in [1.82, 2.24) is 5.32 Å². The molecule has 0 aliphatic carbocycles. The highest BCUT2D eigenvalue weighted by Gasteiger charge is 2.11. The molecule has 0 aliphatic heterocycles. The molecule has 7 heteroatoms. The van der Waals surface area contributed by atoms with E-state index in [1.807, 2.05) is 6.92 Å². The predicted octanol–water partition coefficient (Wildman–Crippen LogP) is 0.741. The van der Waals surface area contributed by atoms with Crippen molar-refractivity contribution in [2.45, 2.75) is 31.4 Å². The summed E-state index contributed by atoms with van der Waals surface area (Å²) >= 11 is 1.39. The summed E-state index contributed by atoms with van der Waals surface area (Å²) in [7, 11) is 2.67. The third-order valence-corrected chi connectivity index (χ3v) is 3.45. The van der Waals surface area contributed by atoms with Crippen LogP contribution < -0.4 is 5.32 Å². The average Bonchev–Trinajstić information content (AvgIpc) is 2.40. The Morgan fingerprint density at radius 3 is 2.37 bits per heavy atom. The fraction of sp³-hybridized carbons (Fsp3) is 0.750. The highest BCUT2D eigenvalue weighted by molar-refractivity contribution is 8.00. The smallest absolute Gasteiger partial charge is 0.306 e. The van der Waals surface area contributed by atoms with E-state index in [0.717, 1.165) is 0 Å². The summed E-state index contributed by atoms with van der Waals surface area (Å²) < 4.78 is 9.03. The summed E-state index contributed by atoms with van der Waals surface area (Å²) in [5.74, 6) is -0.378. The first-order chi connectivity index (χ1) is 8.99. The van der Waals surface area contributed by atoms with Crippen molar-refractivity contribution in [3.8, 4) is 0 Å². The van der Waals surface area contributed by atoms with Crippen LogP contribution in [0.15, 0.2) is 0 Å². The summed E-state index contributed by atoms with van der Waals surface area (Å²) in [5, 5.41) is 2.74. The van der Waals surface area contributed by atoms with Crippen LogP contribution in [0.3, 0.4) is 0 Å². The SMILES string of the molecule is COC(=O)CCCNC(=O)CSC(C)CC(=O)OC. The minimum atomic E-state index is -0.282. The van der Waals surface area contributed by atoms with E-state index in [4.69, 9.17) is 0 Å². The summed E-state index contributed by atoms with van der Waals surface area (Å²) in [6.07, 6.45) is 1.14. The molecule has 1 N–H and O–H groups in total. The summed E-state index contributed by atoms with van der Waals surface area (Å²) in [5.41, 5.74) is 0. The molecule has 1 amide bonds. The summed E-state index contributed by atoms with van der Waals surface area (Å²) in [6, 6.07) is 0. The molecule has 0 saturated carbocycles. The Labute approximate surface area is 117 Å². The molecule has 0 aliphatic rings. The van der Waals surface area contributed by atoms with Gasteiger partial charge in [-0.1, -0.05) is 6.92 Å². The van der Waals surface area contributed by atoms with E-state index >= 15 is 0 Å². The number of rotatable bonds is 9. The second kappa shape index (κ2) is 10.7. The van der Waals surface area contributed by atoms with Gasteiger partial charge in [-0.05, 0) is 6.42 Å². The maximum absolute atomic E-state index is 11.5. The maximum atomic E-state index is 11.5. The van der Waals surface area contributed by atoms with E-state index in [1.165, 1.54) is 26.0 Å². The lowest BCUT2D eigenvalue weighted by atomic mass is 10.3. The number of ether oxygens (including phenoxy) is 2. The van der Waals surface area contributed by atoms with Crippen molar-refractivity contribution < 1.29 is 23.9 Å². The van der Waals surface area contributed by atoms with Crippen LogP contribution in [0.4, 0.5) is 0 Å². The molecule has 0 saturated heterocycles. The van der Waals surface area contributed by atoms with E-state index < -0.39 is 0 Å². The van der Waals surface area contributed by atoms with Crippen molar-refractivity contribution in [3.63, 3.8) is 0 Å². The van der Waals surface area contributed by atoms with E-state index in [2.05, 4.69) is 14.8 Å². The minimum absolute atomic E-state index is 0.0354. The molecule has 110 valence electrons. The van der Waals surface area contributed by atoms with Gasteiger partial charge in [0.1, 0.15) is 0 Å². The van der Waals surface area contributed by atoms with E-state index in [1.54, 1.807) is 0 Å². The Morgan fingerprint density at radius 2 is 1.79 bits per heavy atom. The number of esters is 2. The molecule has 0 heterocycles. The van der Waals surface area contributed by atoms with Gasteiger partial charge in [0, 0.05) is 18.2 Å². The molecule has 1 atom stereocenters. The third kappa shape index (κ3) is 10.4. The highest BCUT2D eigenvalue weighted by Crippen LogP contribution is 2.13. The van der Waals surface area contributed by atoms with Gasteiger partial charge in [0.15, 0.2) is 0 Å². The number of carbonyl (C=O) groups excluding carboxylic acids is 3. The molecule has 0 aromatic heterocycles. The van der Waals surface area contributed by atoms with E-state index in [0.29, 0.717) is 19.4 Å². The Hall–Kier alpha value is -1.24. The predicted molar refractivity (Wildman–Crippen MR) is 72.8 cm³/mol. The number of nitrogens with one attached hydrogen (secondary N) is 1. The second-order valence-electron chi connectivity index (χ2n) is 3.93. The first kappa shape index (κ1) is 17.8. The van der Waals surface area contributed by atoms with Crippen molar-refractivity contribution in [2.24, 2.45) is 0 Å². The number of methoxy groups -OCH3 is 2. The Morgan fingerprint density at radius 1 is 1.16 bits per heavy atom. The lowest BCUT2D eigenvalue weighted by Gasteiger charge is -2.09. The highest BCUT2D eigenvalue weighted by atomic mass is 32.2. The van der Waals surface area contributed by atoms with Crippen LogP contribution in [0.5, 0.6) is 0 Å². The normalized spacial score (nSPS) is 11.5. The molecule has 0 aromatic rings. The molecule has 1 unspecified atom stereocenters. The molecule has 19 heavy (non-hydrogen) atoms. The van der Waals surface area contributed by atoms with Crippen LogP contribution in [0, 0.1) is 0 Å². The van der Waals surface area contributed by atoms with Gasteiger partial charge in [-0.2, -0.15) is 0 Å². The van der Waals surface area contributed by atoms with Crippen LogP contribution in [0.25, 0.3) is 0 Å². The zero-order valence-electron chi connectivity index (χ0n) is 11.6. The quantitative estimate of drug-likeness (QED) is 0.498. The van der Waals surface area contributed by atoms with Crippen LogP contribution in [0.2, 0.25) is 0 Å². The fourth-order valence-corrected chi connectivity index (χ4v) is 2.00. The molecule has 0 fully saturated rings. The first-order valence-electron chi connectivity index (χ1n) is 6.01. The van der Waals surface area contributed by atoms with Crippen LogP contribution in [-0.2, 0) is 23.9 Å². The Balaban J connectivity index is 3.59. The molecule has 0 bridgehead atoms. The molecule has 0 spiro atoms. The van der Waals surface area contributed by atoms with E-state index in [9.17, 15) is 14.4 Å². The Kier molecular flexibility index (Phi) is 9.97. The zero-order valence-corrected chi connectivity index (χ0v) is 12.4. The first-order valence-corrected chi connectivity index (χ1v) is 7.06. The van der Waals surface area contributed by atoms with Gasteiger partial charge in [-0.3, -0.25) is 14.4 Å². The zero-order chi connectivity index (χ0) is 14.7. The monoisotopic (exact) mass is 291 g/mol. The second-order valence-corrected chi connectivity index (χ2v) is 5.36. The lowest BCUT2D eigenvalue weighted by molar-refractivity contribution is -0.141. The largest absolute Gasteiger partial charge is 0.469 e. The van der Waals surface area contributed by atoms with E-state index in [-0.39, 0.29) is 35.3 Å². The number of carbonyl (C=O) groups is 3. The topological polar surface area (TPSA) is 81.7 Å². The number of hydrogen-bond donors (Lipinski definition) is 1. The van der Waals surface area contributed by atoms with Crippen LogP contribution >= 0.6 is 11.8 Å². The number of hydrogen-bond acceptors (Lipinski definition) is 6. The van der Waals surface area contributed by atoms with Gasteiger partial charge < -0.3 is 14.8 Å². The van der Waals surface area contributed by atoms with Crippen molar-refractivity contribution in [2.75, 3.05) is 26.5 Å². The fourth-order valence-electron chi connectivity index (χ4n) is 1.21. The van der Waals surface area contributed by atoms with Crippen molar-refractivity contribution >= 4 is 29.6 Å². The van der Waals surface area contributed by atoms with Gasteiger partial charge in [-0.15, -0.1) is 11.8 Å². The summed E-state index contributed by atoms with van der Waals surface area (Å²) in [4.78, 5) is 33.3. The molecular formula is C12H21NO5S. The van der Waals surface area contributed by atoms with Gasteiger partial charge in [0.25, 0.3) is 0 Å². The van der Waals surface area contributed by atoms with Crippen LogP contribution in [-0.4, -0.2) is 49.6 Å². The number of thioether (sulfide) groups is 1. The maximum Gasteiger partial charge on any atom is 0.306 e. The van der Waals surface area contributed by atoms with Gasteiger partial charge in [0.05, 0.1) is 26.4 Å². The van der Waals surface area contributed by atoms with Crippen molar-refractivity contribution in [3.05, 3.63) is 0 Å². The summed E-state index contributed by atoms with van der Waals surface area (Å²) in [6.45, 7) is 2.31. The van der Waals surface area contributed by atoms with Gasteiger partial charge >= 0.3 is 11.9 Å². The third-order valence-electron chi connectivity index (χ3n) is 2.29.